The number of aliphatic imine (C=N–C) groups is 1. The van der Waals surface area contributed by atoms with Crippen LogP contribution in [-0.2, 0) is 0 Å². The van der Waals surface area contributed by atoms with Crippen LogP contribution < -0.4 is 0 Å². The second kappa shape index (κ2) is 3.34. The molecule has 0 amide bonds. The minimum Gasteiger partial charge on any atom is -0.217 e. The third kappa shape index (κ3) is 3.50. The van der Waals surface area contributed by atoms with Gasteiger partial charge in [-0.25, -0.2) is 4.99 Å². The first-order valence-electron chi connectivity index (χ1n) is 2.43. The number of nitrogens with zero attached hydrogens (tertiary/aromatic N) is 4. The topological polar surface area (TPSA) is 66.8 Å². The van der Waals surface area contributed by atoms with Crippen molar-refractivity contribution < 1.29 is 0 Å². The summed E-state index contributed by atoms with van der Waals surface area (Å²) in [5.74, 6) is 0.122. The molecule has 0 aliphatic heterocycles. The highest BCUT2D eigenvalue weighted by molar-refractivity contribution is 6.74. The van der Waals surface area contributed by atoms with Crippen molar-refractivity contribution in [3.05, 3.63) is 0 Å². The van der Waals surface area contributed by atoms with Crippen LogP contribution in [0.5, 0.6) is 0 Å². The number of hydrogen-bond acceptors (Lipinski definition) is 4. The van der Waals surface area contributed by atoms with Gasteiger partial charge in [0, 0.05) is 0 Å². The summed E-state index contributed by atoms with van der Waals surface area (Å²) < 4.78 is -1.53. The Hall–Kier alpha value is -0.390. The minimum absolute atomic E-state index is 0.122. The Labute approximate surface area is 76.7 Å². The normalized spacial score (nSPS) is 12.6. The van der Waals surface area contributed by atoms with Crippen molar-refractivity contribution in [3.63, 3.8) is 0 Å². The SMILES string of the molecule is ClC(Cl)(Cl)C=Nc1nn[nH]n1. The van der Waals surface area contributed by atoms with E-state index in [1.54, 1.807) is 0 Å². The van der Waals surface area contributed by atoms with E-state index in [1.807, 2.05) is 0 Å². The fourth-order valence-electron chi connectivity index (χ4n) is 0.342. The van der Waals surface area contributed by atoms with Crippen LogP contribution in [0.4, 0.5) is 5.95 Å². The molecule has 0 radical (unpaired) electrons. The van der Waals surface area contributed by atoms with Crippen LogP contribution in [0.15, 0.2) is 4.99 Å². The van der Waals surface area contributed by atoms with Gasteiger partial charge in [-0.05, 0) is 5.21 Å². The second-order valence-corrected chi connectivity index (χ2v) is 3.88. The fourth-order valence-corrected chi connectivity index (χ4v) is 0.489. The highest BCUT2D eigenvalue weighted by Gasteiger charge is 2.15. The number of aromatic amines is 1. The molecule has 0 aromatic carbocycles. The molecule has 0 atom stereocenters. The Balaban J connectivity index is 2.63. The summed E-state index contributed by atoms with van der Waals surface area (Å²) in [4.78, 5) is 3.60. The molecule has 1 aromatic heterocycles. The van der Waals surface area contributed by atoms with Crippen molar-refractivity contribution >= 4 is 47.0 Å². The molecular formula is C3H2Cl3N5. The number of aromatic nitrogens is 4. The highest BCUT2D eigenvalue weighted by atomic mass is 35.6. The van der Waals surface area contributed by atoms with Crippen LogP contribution in [0.2, 0.25) is 0 Å². The van der Waals surface area contributed by atoms with Crippen LogP contribution in [0.1, 0.15) is 0 Å². The molecule has 5 nitrogen and oxygen atoms in total. The smallest absolute Gasteiger partial charge is 0.217 e. The first-order valence-corrected chi connectivity index (χ1v) is 3.57. The molecule has 1 N–H and O–H groups in total. The van der Waals surface area contributed by atoms with E-state index in [0.29, 0.717) is 0 Å². The number of hydrogen-bond donors (Lipinski definition) is 1. The van der Waals surface area contributed by atoms with Crippen molar-refractivity contribution in [2.75, 3.05) is 0 Å². The summed E-state index contributed by atoms with van der Waals surface area (Å²) in [5, 5.41) is 12.4. The second-order valence-electron chi connectivity index (χ2n) is 1.51. The molecular weight excluding hydrogens is 212 g/mol. The average molecular weight is 214 g/mol. The van der Waals surface area contributed by atoms with E-state index in [2.05, 4.69) is 25.6 Å². The number of halogens is 3. The molecule has 0 saturated carbocycles. The van der Waals surface area contributed by atoms with Gasteiger partial charge < -0.3 is 0 Å². The Morgan fingerprint density at radius 2 is 2.18 bits per heavy atom. The number of tetrazole rings is 1. The molecule has 0 spiro atoms. The van der Waals surface area contributed by atoms with E-state index in [9.17, 15) is 0 Å². The van der Waals surface area contributed by atoms with Gasteiger partial charge in [0.2, 0.25) is 3.79 Å². The maximum absolute atomic E-state index is 5.35. The molecule has 60 valence electrons. The van der Waals surface area contributed by atoms with Crippen molar-refractivity contribution in [2.24, 2.45) is 4.99 Å². The molecule has 0 aliphatic carbocycles. The molecule has 1 aromatic rings. The van der Waals surface area contributed by atoms with E-state index in [1.165, 1.54) is 0 Å². The lowest BCUT2D eigenvalue weighted by atomic mass is 10.8. The zero-order valence-corrected chi connectivity index (χ0v) is 7.27. The fraction of sp³-hybridized carbons (Fsp3) is 0.333. The maximum Gasteiger partial charge on any atom is 0.288 e. The number of H-pyrrole nitrogens is 1. The van der Waals surface area contributed by atoms with Crippen LogP contribution >= 0.6 is 34.8 Å². The lowest BCUT2D eigenvalue weighted by Crippen LogP contribution is -2.02. The molecule has 8 heteroatoms. The van der Waals surface area contributed by atoms with Gasteiger partial charge in [0.25, 0.3) is 5.95 Å². The zero-order valence-electron chi connectivity index (χ0n) is 5.00. The molecule has 1 rings (SSSR count). The first-order chi connectivity index (χ1) is 5.08. The molecule has 0 fully saturated rings. The van der Waals surface area contributed by atoms with Gasteiger partial charge in [0.1, 0.15) is 0 Å². The van der Waals surface area contributed by atoms with Crippen LogP contribution in [-0.4, -0.2) is 30.6 Å². The summed E-state index contributed by atoms with van der Waals surface area (Å²) in [6, 6.07) is 0. The van der Waals surface area contributed by atoms with Gasteiger partial charge in [-0.15, -0.1) is 5.10 Å². The van der Waals surface area contributed by atoms with E-state index >= 15 is 0 Å². The monoisotopic (exact) mass is 213 g/mol. The van der Waals surface area contributed by atoms with Crippen LogP contribution in [0.25, 0.3) is 0 Å². The standard InChI is InChI=1S/C3H2Cl3N5/c4-3(5,6)1-7-2-8-10-11-9-2/h1H,(H,8,9,10,11). The quantitative estimate of drug-likeness (QED) is 0.565. The summed E-state index contributed by atoms with van der Waals surface area (Å²) in [5.41, 5.74) is 0. The van der Waals surface area contributed by atoms with Crippen molar-refractivity contribution in [1.29, 1.82) is 0 Å². The summed E-state index contributed by atoms with van der Waals surface area (Å²) >= 11 is 16.0. The highest BCUT2D eigenvalue weighted by Crippen LogP contribution is 2.23. The molecule has 0 unspecified atom stereocenters. The van der Waals surface area contributed by atoms with E-state index in [0.717, 1.165) is 6.21 Å². The van der Waals surface area contributed by atoms with Gasteiger partial charge >= 0.3 is 0 Å². The summed E-state index contributed by atoms with van der Waals surface area (Å²) in [6.07, 6.45) is 1.09. The molecule has 0 saturated heterocycles. The van der Waals surface area contributed by atoms with Gasteiger partial charge in [-0.2, -0.15) is 5.21 Å². The predicted octanol–water partition coefficient (Wildman–Crippen LogP) is 1.27. The molecule has 0 bridgehead atoms. The van der Waals surface area contributed by atoms with E-state index in [-0.39, 0.29) is 5.95 Å². The van der Waals surface area contributed by atoms with Gasteiger partial charge in [0.15, 0.2) is 0 Å². The predicted molar refractivity (Wildman–Crippen MR) is 42.6 cm³/mol. The molecule has 1 heterocycles. The third-order valence-electron chi connectivity index (χ3n) is 0.661. The lowest BCUT2D eigenvalue weighted by molar-refractivity contribution is 0.881. The lowest BCUT2D eigenvalue weighted by Gasteiger charge is -1.98. The van der Waals surface area contributed by atoms with Gasteiger partial charge in [-0.3, -0.25) is 0 Å². The number of alkyl halides is 3. The Kier molecular flexibility index (Phi) is 2.64. The number of rotatable bonds is 1. The zero-order chi connectivity index (χ0) is 8.32. The summed E-state index contributed by atoms with van der Waals surface area (Å²) in [7, 11) is 0. The Morgan fingerprint density at radius 1 is 1.45 bits per heavy atom. The number of nitrogens with one attached hydrogen (secondary N) is 1. The van der Waals surface area contributed by atoms with Crippen LogP contribution in [0.3, 0.4) is 0 Å². The van der Waals surface area contributed by atoms with Crippen molar-refractivity contribution in [3.8, 4) is 0 Å². The molecule has 11 heavy (non-hydrogen) atoms. The van der Waals surface area contributed by atoms with Crippen molar-refractivity contribution in [1.82, 2.24) is 20.6 Å². The van der Waals surface area contributed by atoms with Crippen molar-refractivity contribution in [2.45, 2.75) is 3.79 Å². The Bertz CT molecular complexity index is 236. The van der Waals surface area contributed by atoms with E-state index in [4.69, 9.17) is 34.8 Å². The molecule has 0 aliphatic rings. The summed E-state index contributed by atoms with van der Waals surface area (Å²) in [6.45, 7) is 0. The third-order valence-corrected chi connectivity index (χ3v) is 0.953. The van der Waals surface area contributed by atoms with Crippen LogP contribution in [0, 0.1) is 0 Å². The minimum atomic E-state index is -1.53. The maximum atomic E-state index is 5.35. The van der Waals surface area contributed by atoms with Gasteiger partial charge in [-0.1, -0.05) is 39.9 Å². The van der Waals surface area contributed by atoms with Gasteiger partial charge in [0.05, 0.1) is 6.21 Å². The average Bonchev–Trinajstić information content (AvgIpc) is 2.32. The van der Waals surface area contributed by atoms with E-state index < -0.39 is 3.79 Å². The Morgan fingerprint density at radius 3 is 2.64 bits per heavy atom. The first kappa shape index (κ1) is 8.70. The largest absolute Gasteiger partial charge is 0.288 e.